The van der Waals surface area contributed by atoms with Crippen LogP contribution < -0.4 is 15.7 Å². The van der Waals surface area contributed by atoms with E-state index in [0.29, 0.717) is 17.7 Å². The van der Waals surface area contributed by atoms with Gasteiger partial charge in [-0.2, -0.15) is 0 Å². The van der Waals surface area contributed by atoms with Gasteiger partial charge < -0.3 is 20.1 Å². The lowest BCUT2D eigenvalue weighted by Crippen LogP contribution is -2.35. The van der Waals surface area contributed by atoms with Crippen LogP contribution >= 0.6 is 11.3 Å². The van der Waals surface area contributed by atoms with E-state index in [1.54, 1.807) is 50.6 Å². The molecule has 9 nitrogen and oxygen atoms in total. The number of benzene rings is 2. The summed E-state index contributed by atoms with van der Waals surface area (Å²) < 4.78 is 6.23. The van der Waals surface area contributed by atoms with Gasteiger partial charge in [-0.1, -0.05) is 44.2 Å². The Balaban J connectivity index is 1.75. The molecule has 2 aromatic heterocycles. The van der Waals surface area contributed by atoms with Crippen LogP contribution in [0.25, 0.3) is 11.3 Å². The van der Waals surface area contributed by atoms with Gasteiger partial charge in [0.2, 0.25) is 11.8 Å². The summed E-state index contributed by atoms with van der Waals surface area (Å²) in [5.74, 6) is -0.919. The zero-order chi connectivity index (χ0) is 25.8. The highest BCUT2D eigenvalue weighted by molar-refractivity contribution is 7.14. The van der Waals surface area contributed by atoms with Crippen LogP contribution in [0, 0.1) is 0 Å². The smallest absolute Gasteiger partial charge is 0.329 e. The largest absolute Gasteiger partial charge is 0.497 e. The molecule has 0 fully saturated rings. The van der Waals surface area contributed by atoms with E-state index < -0.39 is 23.6 Å². The van der Waals surface area contributed by atoms with Crippen molar-refractivity contribution >= 4 is 28.2 Å². The number of carbonyl (C=O) groups is 2. The highest BCUT2D eigenvalue weighted by atomic mass is 32.1. The van der Waals surface area contributed by atoms with E-state index in [1.807, 2.05) is 30.3 Å². The van der Waals surface area contributed by atoms with Crippen LogP contribution in [-0.2, 0) is 4.79 Å². The second-order valence-electron chi connectivity index (χ2n) is 8.18. The van der Waals surface area contributed by atoms with Crippen LogP contribution in [0.15, 0.2) is 64.8 Å². The summed E-state index contributed by atoms with van der Waals surface area (Å²) in [7, 11) is 1.54. The Kier molecular flexibility index (Phi) is 7.35. The molecule has 0 saturated carbocycles. The van der Waals surface area contributed by atoms with Crippen LogP contribution in [0.3, 0.4) is 0 Å². The molecule has 0 aliphatic rings. The molecule has 186 valence electrons. The number of thiazole rings is 1. The molecule has 0 saturated heterocycles. The number of aromatic hydroxyl groups is 1. The third-order valence-corrected chi connectivity index (χ3v) is 6.73. The Morgan fingerprint density at radius 2 is 1.86 bits per heavy atom. The number of ether oxygens (including phenoxy) is 1. The molecule has 3 N–H and O–H groups in total. The van der Waals surface area contributed by atoms with Crippen molar-refractivity contribution in [3.05, 3.63) is 81.7 Å². The van der Waals surface area contributed by atoms with Gasteiger partial charge in [-0.3, -0.25) is 9.59 Å². The van der Waals surface area contributed by atoms with Crippen molar-refractivity contribution in [2.45, 2.75) is 32.2 Å². The second-order valence-corrected chi connectivity index (χ2v) is 9.03. The molecule has 2 aromatic carbocycles. The minimum atomic E-state index is -1.11. The summed E-state index contributed by atoms with van der Waals surface area (Å²) in [6, 6.07) is 14.9. The molecule has 1 amide bonds. The number of Topliss-reactive ketones (excluding diaryl/α,β-unsaturated/α-hetero) is 1. The topological polar surface area (TPSA) is 126 Å². The molecule has 4 rings (SSSR count). The van der Waals surface area contributed by atoms with Gasteiger partial charge in [0.05, 0.1) is 7.11 Å². The van der Waals surface area contributed by atoms with Crippen LogP contribution in [0.1, 0.15) is 48.3 Å². The summed E-state index contributed by atoms with van der Waals surface area (Å²) in [6.07, 6.45) is 0.297. The highest BCUT2D eigenvalue weighted by Gasteiger charge is 2.33. The molecule has 2 atom stereocenters. The lowest BCUT2D eigenvalue weighted by atomic mass is 9.92. The number of H-pyrrole nitrogens is 1. The van der Waals surface area contributed by atoms with E-state index in [2.05, 4.69) is 15.3 Å². The fourth-order valence-corrected chi connectivity index (χ4v) is 4.70. The summed E-state index contributed by atoms with van der Waals surface area (Å²) in [5, 5.41) is 15.7. The van der Waals surface area contributed by atoms with Crippen molar-refractivity contribution in [1.29, 1.82) is 0 Å². The Morgan fingerprint density at radius 3 is 2.50 bits per heavy atom. The Labute approximate surface area is 211 Å². The van der Waals surface area contributed by atoms with E-state index in [4.69, 9.17) is 4.74 Å². The van der Waals surface area contributed by atoms with Gasteiger partial charge in [0.15, 0.2) is 10.9 Å². The number of nitrogens with zero attached hydrogens (tertiary/aromatic N) is 2. The first-order valence-electron chi connectivity index (χ1n) is 11.4. The lowest BCUT2D eigenvalue weighted by molar-refractivity contribution is -0.120. The maximum Gasteiger partial charge on any atom is 0.329 e. The number of imidazole rings is 1. The van der Waals surface area contributed by atoms with Crippen LogP contribution in [0.4, 0.5) is 5.13 Å². The second kappa shape index (κ2) is 10.6. The van der Waals surface area contributed by atoms with Crippen LogP contribution in [0.5, 0.6) is 11.6 Å². The normalized spacial score (nSPS) is 12.6. The molecule has 0 aliphatic heterocycles. The molecule has 2 heterocycles. The van der Waals surface area contributed by atoms with Gasteiger partial charge in [-0.15, -0.1) is 11.3 Å². The molecule has 0 aliphatic carbocycles. The number of aromatic amines is 1. The average molecular weight is 507 g/mol. The summed E-state index contributed by atoms with van der Waals surface area (Å²) in [6.45, 7) is 3.54. The predicted octanol–water partition coefficient (Wildman–Crippen LogP) is 4.59. The number of ketones is 1. The number of methoxy groups -OCH3 is 1. The van der Waals surface area contributed by atoms with Crippen molar-refractivity contribution in [1.82, 2.24) is 14.5 Å². The fourth-order valence-electron chi connectivity index (χ4n) is 3.98. The standard InChI is InChI=1S/C26H26N4O5S/c1-4-20(31)19-14-36-25(27-19)29-23(32)22(15(2)16-8-6-5-7-9-16)30-24(33)21(28-26(30)34)17-10-12-18(35-3)13-11-17/h5-15,22,33H,4H2,1-3H3,(H,28,34)(H,27,29,32)/t15-,22-/m0/s1. The summed E-state index contributed by atoms with van der Waals surface area (Å²) in [5.41, 5.74) is 1.18. The van der Waals surface area contributed by atoms with Crippen molar-refractivity contribution in [2.75, 3.05) is 12.4 Å². The number of amides is 1. The molecular weight excluding hydrogens is 480 g/mol. The molecule has 10 heteroatoms. The molecule has 0 bridgehead atoms. The zero-order valence-corrected chi connectivity index (χ0v) is 20.8. The minimum Gasteiger partial charge on any atom is -0.497 e. The van der Waals surface area contributed by atoms with E-state index >= 15 is 0 Å². The number of rotatable bonds is 9. The van der Waals surface area contributed by atoms with Crippen molar-refractivity contribution in [3.63, 3.8) is 0 Å². The first-order chi connectivity index (χ1) is 17.3. The number of hydrogen-bond acceptors (Lipinski definition) is 7. The quantitative estimate of drug-likeness (QED) is 0.285. The van der Waals surface area contributed by atoms with Gasteiger partial charge in [0, 0.05) is 23.3 Å². The van der Waals surface area contributed by atoms with Crippen molar-refractivity contribution in [3.8, 4) is 22.9 Å². The van der Waals surface area contributed by atoms with Gasteiger partial charge in [0.25, 0.3) is 0 Å². The number of anilines is 1. The first-order valence-corrected chi connectivity index (χ1v) is 12.2. The van der Waals surface area contributed by atoms with E-state index in [-0.39, 0.29) is 28.2 Å². The van der Waals surface area contributed by atoms with Gasteiger partial charge in [0.1, 0.15) is 23.2 Å². The zero-order valence-electron chi connectivity index (χ0n) is 20.0. The fraction of sp³-hybridized carbons (Fsp3) is 0.231. The van der Waals surface area contributed by atoms with Crippen molar-refractivity contribution in [2.24, 2.45) is 0 Å². The Morgan fingerprint density at radius 1 is 1.17 bits per heavy atom. The monoisotopic (exact) mass is 506 g/mol. The van der Waals surface area contributed by atoms with Gasteiger partial charge >= 0.3 is 5.69 Å². The number of carbonyl (C=O) groups excluding carboxylic acids is 2. The van der Waals surface area contributed by atoms with Gasteiger partial charge in [-0.25, -0.2) is 14.3 Å². The highest BCUT2D eigenvalue weighted by Crippen LogP contribution is 2.35. The SMILES string of the molecule is CCC(=O)c1csc(NC(=O)[C@H]([C@@H](C)c2ccccc2)n2c(O)c(-c3ccc(OC)cc3)[nH]c2=O)n1. The number of hydrogen-bond donors (Lipinski definition) is 3. The van der Waals surface area contributed by atoms with E-state index in [0.717, 1.165) is 21.5 Å². The summed E-state index contributed by atoms with van der Waals surface area (Å²) in [4.78, 5) is 45.5. The van der Waals surface area contributed by atoms with E-state index in [1.165, 1.54) is 0 Å². The molecular formula is C26H26N4O5S. The third kappa shape index (κ3) is 4.94. The van der Waals surface area contributed by atoms with Crippen LogP contribution in [-0.4, -0.2) is 38.4 Å². The number of aromatic nitrogens is 3. The lowest BCUT2D eigenvalue weighted by Gasteiger charge is -2.24. The Hall–Kier alpha value is -4.18. The average Bonchev–Trinajstić information content (AvgIpc) is 3.48. The molecule has 0 radical (unpaired) electrons. The van der Waals surface area contributed by atoms with E-state index in [9.17, 15) is 19.5 Å². The van der Waals surface area contributed by atoms with Crippen LogP contribution in [0.2, 0.25) is 0 Å². The van der Waals surface area contributed by atoms with Crippen molar-refractivity contribution < 1.29 is 19.4 Å². The summed E-state index contributed by atoms with van der Waals surface area (Å²) >= 11 is 1.12. The van der Waals surface area contributed by atoms with Gasteiger partial charge in [-0.05, 0) is 29.8 Å². The molecule has 0 spiro atoms. The minimum absolute atomic E-state index is 0.135. The third-order valence-electron chi connectivity index (χ3n) is 5.97. The maximum absolute atomic E-state index is 13.6. The first kappa shape index (κ1) is 24.9. The molecule has 36 heavy (non-hydrogen) atoms. The Bertz CT molecular complexity index is 1420. The predicted molar refractivity (Wildman–Crippen MR) is 138 cm³/mol. The number of nitrogens with one attached hydrogen (secondary N) is 2. The molecule has 0 unspecified atom stereocenters. The molecule has 4 aromatic rings. The maximum atomic E-state index is 13.6.